The Balaban J connectivity index is 2.52. The Labute approximate surface area is 111 Å². The summed E-state index contributed by atoms with van der Waals surface area (Å²) in [6.07, 6.45) is 0. The highest BCUT2D eigenvalue weighted by atomic mass is 35.5. The quantitative estimate of drug-likeness (QED) is 0.868. The molecule has 1 aromatic carbocycles. The zero-order valence-electron chi connectivity index (χ0n) is 10.7. The molecule has 1 heterocycles. The molecule has 0 saturated carbocycles. The molecule has 0 atom stereocenters. The SMILES string of the molecule is CCOc1cc(N)cc(-n2nc(C)c(Cl)c2C)c1. The summed E-state index contributed by atoms with van der Waals surface area (Å²) in [7, 11) is 0. The number of rotatable bonds is 3. The van der Waals surface area contributed by atoms with Gasteiger partial charge in [-0.15, -0.1) is 0 Å². The van der Waals surface area contributed by atoms with E-state index < -0.39 is 0 Å². The van der Waals surface area contributed by atoms with E-state index in [4.69, 9.17) is 22.1 Å². The second-order valence-electron chi connectivity index (χ2n) is 4.09. The van der Waals surface area contributed by atoms with Crippen molar-refractivity contribution in [3.05, 3.63) is 34.6 Å². The molecule has 1 aromatic heterocycles. The van der Waals surface area contributed by atoms with E-state index in [-0.39, 0.29) is 0 Å². The van der Waals surface area contributed by atoms with E-state index in [0.717, 1.165) is 22.8 Å². The van der Waals surface area contributed by atoms with Crippen molar-refractivity contribution in [2.75, 3.05) is 12.3 Å². The van der Waals surface area contributed by atoms with E-state index in [1.165, 1.54) is 0 Å². The van der Waals surface area contributed by atoms with E-state index in [9.17, 15) is 0 Å². The first-order chi connectivity index (χ1) is 8.52. The lowest BCUT2D eigenvalue weighted by Crippen LogP contribution is -2.02. The Morgan fingerprint density at radius 1 is 1.33 bits per heavy atom. The van der Waals surface area contributed by atoms with Crippen LogP contribution in [-0.4, -0.2) is 16.4 Å². The first-order valence-electron chi connectivity index (χ1n) is 5.78. The second-order valence-corrected chi connectivity index (χ2v) is 4.47. The highest BCUT2D eigenvalue weighted by molar-refractivity contribution is 6.31. The molecule has 4 nitrogen and oxygen atoms in total. The summed E-state index contributed by atoms with van der Waals surface area (Å²) in [5, 5.41) is 5.07. The van der Waals surface area contributed by atoms with Gasteiger partial charge in [-0.3, -0.25) is 0 Å². The molecule has 0 saturated heterocycles. The molecule has 2 aromatic rings. The molecule has 2 rings (SSSR count). The Morgan fingerprint density at radius 2 is 2.06 bits per heavy atom. The number of ether oxygens (including phenoxy) is 1. The fraction of sp³-hybridized carbons (Fsp3) is 0.308. The van der Waals surface area contributed by atoms with E-state index in [1.54, 1.807) is 10.7 Å². The minimum absolute atomic E-state index is 0.598. The number of aryl methyl sites for hydroxylation is 1. The first kappa shape index (κ1) is 12.8. The van der Waals surface area contributed by atoms with Crippen LogP contribution in [0.25, 0.3) is 5.69 Å². The van der Waals surface area contributed by atoms with Crippen molar-refractivity contribution in [1.82, 2.24) is 9.78 Å². The number of nitrogens with two attached hydrogens (primary N) is 1. The van der Waals surface area contributed by atoms with Gasteiger partial charge in [0, 0.05) is 17.8 Å². The van der Waals surface area contributed by atoms with Crippen LogP contribution in [0.15, 0.2) is 18.2 Å². The molecule has 18 heavy (non-hydrogen) atoms. The molecular weight excluding hydrogens is 250 g/mol. The number of hydrogen-bond acceptors (Lipinski definition) is 3. The Kier molecular flexibility index (Phi) is 3.48. The molecule has 0 bridgehead atoms. The maximum absolute atomic E-state index is 6.14. The van der Waals surface area contributed by atoms with Crippen molar-refractivity contribution >= 4 is 17.3 Å². The third-order valence-electron chi connectivity index (χ3n) is 2.67. The standard InChI is InChI=1S/C13H16ClN3O/c1-4-18-12-6-10(15)5-11(7-12)17-9(3)13(14)8(2)16-17/h5-7H,4,15H2,1-3H3. The molecule has 5 heteroatoms. The topological polar surface area (TPSA) is 53.1 Å². The monoisotopic (exact) mass is 265 g/mol. The number of nitrogens with zero attached hydrogens (tertiary/aromatic N) is 2. The van der Waals surface area contributed by atoms with Crippen molar-refractivity contribution in [2.45, 2.75) is 20.8 Å². The normalized spacial score (nSPS) is 10.7. The largest absolute Gasteiger partial charge is 0.494 e. The van der Waals surface area contributed by atoms with Gasteiger partial charge in [-0.05, 0) is 26.8 Å². The maximum Gasteiger partial charge on any atom is 0.123 e. The summed E-state index contributed by atoms with van der Waals surface area (Å²) in [4.78, 5) is 0. The number of benzene rings is 1. The van der Waals surface area contributed by atoms with Crippen molar-refractivity contribution in [3.8, 4) is 11.4 Å². The predicted octanol–water partition coefficient (Wildman–Crippen LogP) is 3.12. The minimum atomic E-state index is 0.598. The van der Waals surface area contributed by atoms with Crippen molar-refractivity contribution < 1.29 is 4.74 Å². The summed E-state index contributed by atoms with van der Waals surface area (Å²) in [6.45, 7) is 6.33. The Morgan fingerprint density at radius 3 is 2.61 bits per heavy atom. The molecule has 96 valence electrons. The summed E-state index contributed by atoms with van der Waals surface area (Å²) in [6, 6.07) is 5.54. The zero-order valence-corrected chi connectivity index (χ0v) is 11.5. The number of aromatic nitrogens is 2. The van der Waals surface area contributed by atoms with E-state index in [2.05, 4.69) is 5.10 Å². The van der Waals surface area contributed by atoms with E-state index in [1.807, 2.05) is 32.9 Å². The summed E-state index contributed by atoms with van der Waals surface area (Å²) in [5.41, 5.74) is 9.05. The summed E-state index contributed by atoms with van der Waals surface area (Å²) >= 11 is 6.14. The molecule has 0 radical (unpaired) electrons. The molecule has 0 unspecified atom stereocenters. The molecular formula is C13H16ClN3O. The lowest BCUT2D eigenvalue weighted by molar-refractivity contribution is 0.340. The molecule has 2 N–H and O–H groups in total. The number of anilines is 1. The van der Waals surface area contributed by atoms with Crippen LogP contribution in [-0.2, 0) is 0 Å². The Bertz CT molecular complexity index is 578. The predicted molar refractivity (Wildman–Crippen MR) is 73.6 cm³/mol. The van der Waals surface area contributed by atoms with Crippen molar-refractivity contribution in [2.24, 2.45) is 0 Å². The third-order valence-corrected chi connectivity index (χ3v) is 3.22. The Hall–Kier alpha value is -1.68. The van der Waals surface area contributed by atoms with Gasteiger partial charge in [0.1, 0.15) is 5.75 Å². The molecule has 0 aliphatic rings. The second kappa shape index (κ2) is 4.90. The maximum atomic E-state index is 6.14. The number of hydrogen-bond donors (Lipinski definition) is 1. The van der Waals surface area contributed by atoms with Crippen LogP contribution in [0.1, 0.15) is 18.3 Å². The number of nitrogen functional groups attached to an aromatic ring is 1. The summed E-state index contributed by atoms with van der Waals surface area (Å²) < 4.78 is 7.25. The molecule has 0 fully saturated rings. The van der Waals surface area contributed by atoms with Gasteiger partial charge in [-0.25, -0.2) is 4.68 Å². The van der Waals surface area contributed by atoms with Gasteiger partial charge in [0.15, 0.2) is 0 Å². The van der Waals surface area contributed by atoms with Crippen LogP contribution in [0.2, 0.25) is 5.02 Å². The zero-order chi connectivity index (χ0) is 13.3. The smallest absolute Gasteiger partial charge is 0.123 e. The fourth-order valence-corrected chi connectivity index (χ4v) is 1.97. The van der Waals surface area contributed by atoms with Crippen molar-refractivity contribution in [3.63, 3.8) is 0 Å². The van der Waals surface area contributed by atoms with E-state index in [0.29, 0.717) is 17.3 Å². The molecule has 0 aliphatic heterocycles. The van der Waals surface area contributed by atoms with Crippen LogP contribution in [0.3, 0.4) is 0 Å². The molecule has 0 amide bonds. The van der Waals surface area contributed by atoms with Crippen LogP contribution in [0, 0.1) is 13.8 Å². The first-order valence-corrected chi connectivity index (χ1v) is 6.16. The van der Waals surface area contributed by atoms with Crippen LogP contribution in [0.4, 0.5) is 5.69 Å². The highest BCUT2D eigenvalue weighted by Crippen LogP contribution is 2.26. The van der Waals surface area contributed by atoms with Gasteiger partial charge in [0.05, 0.1) is 28.7 Å². The highest BCUT2D eigenvalue weighted by Gasteiger charge is 2.11. The van der Waals surface area contributed by atoms with Crippen molar-refractivity contribution in [1.29, 1.82) is 0 Å². The van der Waals surface area contributed by atoms with Gasteiger partial charge in [-0.1, -0.05) is 11.6 Å². The lowest BCUT2D eigenvalue weighted by atomic mass is 10.2. The van der Waals surface area contributed by atoms with Crippen LogP contribution < -0.4 is 10.5 Å². The molecule has 0 aliphatic carbocycles. The fourth-order valence-electron chi connectivity index (χ4n) is 1.85. The molecule has 0 spiro atoms. The van der Waals surface area contributed by atoms with Gasteiger partial charge in [0.2, 0.25) is 0 Å². The van der Waals surface area contributed by atoms with Gasteiger partial charge < -0.3 is 10.5 Å². The van der Waals surface area contributed by atoms with Crippen LogP contribution in [0.5, 0.6) is 5.75 Å². The average Bonchev–Trinajstić information content (AvgIpc) is 2.57. The van der Waals surface area contributed by atoms with Gasteiger partial charge in [0.25, 0.3) is 0 Å². The average molecular weight is 266 g/mol. The van der Waals surface area contributed by atoms with Crippen LogP contribution >= 0.6 is 11.6 Å². The lowest BCUT2D eigenvalue weighted by Gasteiger charge is -2.09. The minimum Gasteiger partial charge on any atom is -0.494 e. The third kappa shape index (κ3) is 2.29. The number of halogens is 1. The van der Waals surface area contributed by atoms with Gasteiger partial charge >= 0.3 is 0 Å². The van der Waals surface area contributed by atoms with Gasteiger partial charge in [-0.2, -0.15) is 5.10 Å². The summed E-state index contributed by atoms with van der Waals surface area (Å²) in [5.74, 6) is 0.733. The van der Waals surface area contributed by atoms with E-state index >= 15 is 0 Å².